The zero-order chi connectivity index (χ0) is 18.4. The molecule has 1 amide bonds. The molecule has 2 aromatic heterocycles. The SMILES string of the molecule is Cc1nn(-c2ccc(=O)[nH]n2)c2c1C(c1ccc(Br)cc1F)CC(=O)N2. The van der Waals surface area contributed by atoms with Crippen LogP contribution in [0.1, 0.15) is 29.2 Å². The van der Waals surface area contributed by atoms with Gasteiger partial charge in [0.1, 0.15) is 11.6 Å². The number of halogens is 2. The van der Waals surface area contributed by atoms with Crippen molar-refractivity contribution < 1.29 is 9.18 Å². The number of fused-ring (bicyclic) bond motifs is 1. The number of benzene rings is 1. The number of nitrogens with one attached hydrogen (secondary N) is 2. The number of amides is 1. The quantitative estimate of drug-likeness (QED) is 0.670. The highest BCUT2D eigenvalue weighted by molar-refractivity contribution is 9.10. The van der Waals surface area contributed by atoms with Crippen LogP contribution in [0.5, 0.6) is 0 Å². The van der Waals surface area contributed by atoms with E-state index in [1.165, 1.54) is 22.9 Å². The van der Waals surface area contributed by atoms with E-state index in [-0.39, 0.29) is 23.7 Å². The third-order valence-corrected chi connectivity index (χ3v) is 4.82. The second kappa shape index (κ2) is 6.17. The Morgan fingerprint density at radius 2 is 2.08 bits per heavy atom. The molecule has 0 spiro atoms. The Balaban J connectivity index is 1.89. The zero-order valence-corrected chi connectivity index (χ0v) is 15.2. The molecule has 0 saturated heterocycles. The monoisotopic (exact) mass is 417 g/mol. The lowest BCUT2D eigenvalue weighted by molar-refractivity contribution is -0.116. The number of carbonyl (C=O) groups is 1. The molecular weight excluding hydrogens is 405 g/mol. The van der Waals surface area contributed by atoms with E-state index < -0.39 is 5.92 Å². The van der Waals surface area contributed by atoms with E-state index in [0.717, 1.165) is 5.56 Å². The van der Waals surface area contributed by atoms with E-state index >= 15 is 0 Å². The van der Waals surface area contributed by atoms with Crippen LogP contribution in [0.2, 0.25) is 0 Å². The van der Waals surface area contributed by atoms with Crippen LogP contribution < -0.4 is 10.9 Å². The molecule has 3 aromatic rings. The molecule has 0 bridgehead atoms. The predicted octanol–water partition coefficient (Wildman–Crippen LogP) is 2.64. The molecule has 1 aliphatic rings. The Hall–Kier alpha value is -2.81. The molecule has 3 heterocycles. The molecule has 9 heteroatoms. The van der Waals surface area contributed by atoms with Crippen LogP contribution in [-0.2, 0) is 4.79 Å². The summed E-state index contributed by atoms with van der Waals surface area (Å²) in [4.78, 5) is 23.5. The van der Waals surface area contributed by atoms with Crippen molar-refractivity contribution in [3.63, 3.8) is 0 Å². The van der Waals surface area contributed by atoms with Crippen LogP contribution in [0.4, 0.5) is 10.2 Å². The minimum atomic E-state index is -0.455. The first-order valence-electron chi connectivity index (χ1n) is 7.84. The number of nitrogens with zero attached hydrogens (tertiary/aromatic N) is 3. The first-order chi connectivity index (χ1) is 12.4. The van der Waals surface area contributed by atoms with Crippen molar-refractivity contribution >= 4 is 27.7 Å². The van der Waals surface area contributed by atoms with E-state index in [9.17, 15) is 14.0 Å². The van der Waals surface area contributed by atoms with Crippen LogP contribution in [0.25, 0.3) is 5.82 Å². The fourth-order valence-electron chi connectivity index (χ4n) is 3.22. The van der Waals surface area contributed by atoms with Gasteiger partial charge < -0.3 is 5.32 Å². The number of hydrogen-bond donors (Lipinski definition) is 2. The number of hydrogen-bond acceptors (Lipinski definition) is 4. The lowest BCUT2D eigenvalue weighted by atomic mass is 9.85. The topological polar surface area (TPSA) is 92.7 Å². The lowest BCUT2D eigenvalue weighted by Gasteiger charge is -2.24. The highest BCUT2D eigenvalue weighted by atomic mass is 79.9. The molecular formula is C17H13BrFN5O2. The standard InChI is InChI=1S/C17H13BrFN5O2/c1-8-16-11(10-3-2-9(18)6-12(10)19)7-15(26)20-17(16)24(23-8)13-4-5-14(25)22-21-13/h2-6,11H,7H2,1H3,(H,20,26)(H,22,25). The number of rotatable bonds is 2. The van der Waals surface area contributed by atoms with Gasteiger partial charge in [0.15, 0.2) is 5.82 Å². The Morgan fingerprint density at radius 3 is 2.77 bits per heavy atom. The van der Waals surface area contributed by atoms with Gasteiger partial charge in [-0.3, -0.25) is 9.59 Å². The van der Waals surface area contributed by atoms with E-state index in [1.54, 1.807) is 19.1 Å². The summed E-state index contributed by atoms with van der Waals surface area (Å²) < 4.78 is 16.6. The summed E-state index contributed by atoms with van der Waals surface area (Å²) in [6, 6.07) is 7.61. The molecule has 0 saturated carbocycles. The van der Waals surface area contributed by atoms with Crippen LogP contribution >= 0.6 is 15.9 Å². The smallest absolute Gasteiger partial charge is 0.264 e. The first-order valence-corrected chi connectivity index (χ1v) is 8.64. The molecule has 1 unspecified atom stereocenters. The lowest BCUT2D eigenvalue weighted by Crippen LogP contribution is -2.25. The van der Waals surface area contributed by atoms with E-state index in [1.807, 2.05) is 0 Å². The maximum absolute atomic E-state index is 14.5. The van der Waals surface area contributed by atoms with Gasteiger partial charge in [0.05, 0.1) is 5.69 Å². The van der Waals surface area contributed by atoms with Gasteiger partial charge >= 0.3 is 0 Å². The Kier molecular flexibility index (Phi) is 3.95. The number of H-pyrrole nitrogens is 1. The van der Waals surface area contributed by atoms with Crippen LogP contribution in [0, 0.1) is 12.7 Å². The highest BCUT2D eigenvalue weighted by Crippen LogP contribution is 2.41. The summed E-state index contributed by atoms with van der Waals surface area (Å²) in [7, 11) is 0. The normalized spacial score (nSPS) is 16.3. The molecule has 1 aliphatic heterocycles. The van der Waals surface area contributed by atoms with Gasteiger partial charge in [-0.15, -0.1) is 0 Å². The third kappa shape index (κ3) is 2.74. The van der Waals surface area contributed by atoms with Gasteiger partial charge in [-0.05, 0) is 30.7 Å². The minimum absolute atomic E-state index is 0.122. The average Bonchev–Trinajstić information content (AvgIpc) is 2.91. The predicted molar refractivity (Wildman–Crippen MR) is 95.9 cm³/mol. The molecule has 1 aromatic carbocycles. The van der Waals surface area contributed by atoms with Gasteiger partial charge in [0, 0.05) is 28.4 Å². The summed E-state index contributed by atoms with van der Waals surface area (Å²) in [5.74, 6) is -0.296. The van der Waals surface area contributed by atoms with Crippen molar-refractivity contribution in [1.29, 1.82) is 0 Å². The number of aromatic nitrogens is 4. The van der Waals surface area contributed by atoms with Crippen LogP contribution in [-0.4, -0.2) is 25.9 Å². The van der Waals surface area contributed by atoms with Crippen molar-refractivity contribution in [3.8, 4) is 5.82 Å². The molecule has 0 aliphatic carbocycles. The molecule has 132 valence electrons. The molecule has 2 N–H and O–H groups in total. The number of anilines is 1. The van der Waals surface area contributed by atoms with Crippen molar-refractivity contribution in [2.24, 2.45) is 0 Å². The van der Waals surface area contributed by atoms with E-state index in [0.29, 0.717) is 27.4 Å². The average molecular weight is 418 g/mol. The third-order valence-electron chi connectivity index (χ3n) is 4.32. The maximum atomic E-state index is 14.5. The van der Waals surface area contributed by atoms with Crippen LogP contribution in [0.3, 0.4) is 0 Å². The molecule has 1 atom stereocenters. The molecule has 4 rings (SSSR count). The summed E-state index contributed by atoms with van der Waals surface area (Å²) in [5, 5.41) is 13.5. The van der Waals surface area contributed by atoms with Gasteiger partial charge in [-0.25, -0.2) is 9.49 Å². The van der Waals surface area contributed by atoms with Gasteiger partial charge in [-0.2, -0.15) is 14.9 Å². The van der Waals surface area contributed by atoms with Crippen molar-refractivity contribution in [2.45, 2.75) is 19.3 Å². The fourth-order valence-corrected chi connectivity index (χ4v) is 3.55. The van der Waals surface area contributed by atoms with Gasteiger partial charge in [0.2, 0.25) is 5.91 Å². The molecule has 26 heavy (non-hydrogen) atoms. The maximum Gasteiger partial charge on any atom is 0.264 e. The summed E-state index contributed by atoms with van der Waals surface area (Å²) in [6.45, 7) is 1.79. The Bertz CT molecular complexity index is 1070. The molecule has 7 nitrogen and oxygen atoms in total. The summed E-state index contributed by atoms with van der Waals surface area (Å²) >= 11 is 3.25. The van der Waals surface area contributed by atoms with Gasteiger partial charge in [-0.1, -0.05) is 22.0 Å². The van der Waals surface area contributed by atoms with E-state index in [4.69, 9.17) is 0 Å². The van der Waals surface area contributed by atoms with Crippen molar-refractivity contribution in [2.75, 3.05) is 5.32 Å². The Labute approximate surface area is 155 Å². The number of aromatic amines is 1. The highest BCUT2D eigenvalue weighted by Gasteiger charge is 2.34. The first kappa shape index (κ1) is 16.6. The fraction of sp³-hybridized carbons (Fsp3) is 0.176. The number of aryl methyl sites for hydroxylation is 1. The second-order valence-electron chi connectivity index (χ2n) is 6.01. The summed E-state index contributed by atoms with van der Waals surface area (Å²) in [6.07, 6.45) is 0.122. The minimum Gasteiger partial charge on any atom is -0.310 e. The Morgan fingerprint density at radius 1 is 1.27 bits per heavy atom. The van der Waals surface area contributed by atoms with Gasteiger partial charge in [0.25, 0.3) is 5.56 Å². The molecule has 0 radical (unpaired) electrons. The van der Waals surface area contributed by atoms with Crippen molar-refractivity contribution in [1.82, 2.24) is 20.0 Å². The van der Waals surface area contributed by atoms with E-state index in [2.05, 4.69) is 36.5 Å². The summed E-state index contributed by atoms with van der Waals surface area (Å²) in [5.41, 5.74) is 1.48. The van der Waals surface area contributed by atoms with Crippen molar-refractivity contribution in [3.05, 3.63) is 67.8 Å². The second-order valence-corrected chi connectivity index (χ2v) is 6.93. The number of carbonyl (C=O) groups excluding carboxylic acids is 1. The largest absolute Gasteiger partial charge is 0.310 e. The molecule has 0 fully saturated rings. The zero-order valence-electron chi connectivity index (χ0n) is 13.6. The van der Waals surface area contributed by atoms with Crippen LogP contribution in [0.15, 0.2) is 39.6 Å².